The SMILES string of the molecule is CCCCc1c(-c2ccc(-c3ccnc(-c4ccccn4)c3)s2)sc(-c2ccc(-c3ccc(-c4sc(-c5ccc(-c6ccnc(-c7ccccn7)c6)s5)c(CCCC)c4CCCC)s3)s2)c1CCCC. The molecule has 0 N–H and O–H groups in total. The fourth-order valence-corrected chi connectivity index (χ4v) is 16.6. The van der Waals surface area contributed by atoms with Crippen LogP contribution in [0.5, 0.6) is 0 Å². The molecule has 0 aliphatic rings. The van der Waals surface area contributed by atoms with Gasteiger partial charge >= 0.3 is 0 Å². The number of rotatable bonds is 21. The second kappa shape index (κ2) is 22.9. The topological polar surface area (TPSA) is 51.6 Å². The monoisotopic (exact) mass is 1030 g/mol. The first-order valence-corrected chi connectivity index (χ1v) is 29.9. The minimum Gasteiger partial charge on any atom is -0.255 e. The molecule has 0 saturated heterocycles. The summed E-state index contributed by atoms with van der Waals surface area (Å²) < 4.78 is 0. The lowest BCUT2D eigenvalue weighted by molar-refractivity contribution is 0.764. The van der Waals surface area contributed by atoms with Crippen LogP contribution in [0.4, 0.5) is 0 Å². The standard InChI is InChI=1S/C60H58N4S6/c1-5-9-17-41-43(19-11-7-3)59(69-57(41)53-27-23-49(65-53)39-31-35-63-47(37-39)45-21-13-15-33-61-45)55-29-25-51(67-55)52-26-30-56(68-52)60-44(20-12-8-4)42(18-10-6-2)58(70-60)54-28-24-50(66-54)40-32-36-64-48(38-40)46-22-14-16-34-62-46/h13-16,21-38H,5-12,17-20H2,1-4H3. The molecule has 70 heavy (non-hydrogen) atoms. The Balaban J connectivity index is 0.978. The lowest BCUT2D eigenvalue weighted by atomic mass is 9.97. The van der Waals surface area contributed by atoms with E-state index >= 15 is 0 Å². The van der Waals surface area contributed by atoms with Crippen LogP contribution in [-0.2, 0) is 25.7 Å². The van der Waals surface area contributed by atoms with Crippen LogP contribution in [0.1, 0.15) is 101 Å². The molecule has 0 spiro atoms. The van der Waals surface area contributed by atoms with E-state index in [1.165, 1.54) is 121 Å². The molecule has 0 fully saturated rings. The zero-order valence-electron chi connectivity index (χ0n) is 40.4. The molecule has 0 aliphatic heterocycles. The summed E-state index contributed by atoms with van der Waals surface area (Å²) >= 11 is 11.8. The van der Waals surface area contributed by atoms with Gasteiger partial charge in [0.2, 0.25) is 0 Å². The van der Waals surface area contributed by atoms with E-state index < -0.39 is 0 Å². The van der Waals surface area contributed by atoms with Crippen molar-refractivity contribution in [3.05, 3.63) is 156 Å². The largest absolute Gasteiger partial charge is 0.255 e. The van der Waals surface area contributed by atoms with E-state index in [2.05, 4.69) is 120 Å². The first-order chi connectivity index (χ1) is 34.5. The predicted molar refractivity (Wildman–Crippen MR) is 308 cm³/mol. The highest BCUT2D eigenvalue weighted by atomic mass is 32.1. The van der Waals surface area contributed by atoms with Gasteiger partial charge in [-0.3, -0.25) is 19.9 Å². The Bertz CT molecular complexity index is 3070. The molecule has 0 radical (unpaired) electrons. The van der Waals surface area contributed by atoms with Gasteiger partial charge in [0.1, 0.15) is 0 Å². The quantitative estimate of drug-likeness (QED) is 0.0720. The summed E-state index contributed by atoms with van der Waals surface area (Å²) in [5.41, 5.74) is 12.3. The van der Waals surface area contributed by atoms with Crippen molar-refractivity contribution in [1.29, 1.82) is 0 Å². The number of nitrogens with zero attached hydrogens (tertiary/aromatic N) is 4. The van der Waals surface area contributed by atoms with Crippen molar-refractivity contribution in [2.24, 2.45) is 0 Å². The maximum absolute atomic E-state index is 4.67. The number of hydrogen-bond donors (Lipinski definition) is 0. The van der Waals surface area contributed by atoms with Gasteiger partial charge < -0.3 is 0 Å². The van der Waals surface area contributed by atoms with Gasteiger partial charge in [-0.25, -0.2) is 0 Å². The third kappa shape index (κ3) is 10.5. The van der Waals surface area contributed by atoms with E-state index in [0.717, 1.165) is 48.5 Å². The average Bonchev–Trinajstić information content (AvgIpc) is 4.28. The zero-order valence-corrected chi connectivity index (χ0v) is 45.3. The van der Waals surface area contributed by atoms with Gasteiger partial charge in [-0.05, 0) is 182 Å². The van der Waals surface area contributed by atoms with Gasteiger partial charge in [-0.2, -0.15) is 0 Å². The molecule has 10 heterocycles. The summed E-state index contributed by atoms with van der Waals surface area (Å²) in [6.45, 7) is 9.30. The van der Waals surface area contributed by atoms with Crippen molar-refractivity contribution in [1.82, 2.24) is 19.9 Å². The van der Waals surface area contributed by atoms with E-state index in [1.807, 2.05) is 129 Å². The molecular formula is C60H58N4S6. The minimum atomic E-state index is 0.900. The molecule has 10 aromatic heterocycles. The van der Waals surface area contributed by atoms with Gasteiger partial charge in [0, 0.05) is 83.3 Å². The van der Waals surface area contributed by atoms with Crippen molar-refractivity contribution >= 4 is 68.0 Å². The first kappa shape index (κ1) is 48.4. The van der Waals surface area contributed by atoms with Gasteiger partial charge in [0.15, 0.2) is 0 Å². The molecule has 0 amide bonds. The molecule has 0 saturated carbocycles. The second-order valence-electron chi connectivity index (χ2n) is 17.8. The Morgan fingerprint density at radius 1 is 0.300 bits per heavy atom. The fraction of sp³-hybridized carbons (Fsp3) is 0.267. The number of aromatic nitrogens is 4. The Morgan fingerprint density at radius 2 is 0.614 bits per heavy atom. The zero-order chi connectivity index (χ0) is 47.8. The summed E-state index contributed by atoms with van der Waals surface area (Å²) in [4.78, 5) is 35.1. The smallest absolute Gasteiger partial charge is 0.0892 e. The average molecular weight is 1030 g/mol. The molecule has 0 atom stereocenters. The predicted octanol–water partition coefficient (Wildman–Crippen LogP) is 20.0. The van der Waals surface area contributed by atoms with Gasteiger partial charge in [-0.1, -0.05) is 65.5 Å². The molecule has 10 heteroatoms. The van der Waals surface area contributed by atoms with Crippen LogP contribution >= 0.6 is 68.0 Å². The molecule has 10 aromatic rings. The molecule has 10 rings (SSSR count). The Morgan fingerprint density at radius 3 is 0.943 bits per heavy atom. The number of hydrogen-bond acceptors (Lipinski definition) is 10. The summed E-state index contributed by atoms with van der Waals surface area (Å²) in [7, 11) is 0. The summed E-state index contributed by atoms with van der Waals surface area (Å²) in [6.07, 6.45) is 21.5. The van der Waals surface area contributed by atoms with Crippen molar-refractivity contribution in [3.8, 4) is 92.4 Å². The minimum absolute atomic E-state index is 0.900. The van der Waals surface area contributed by atoms with Crippen LogP contribution in [0.2, 0.25) is 0 Å². The highest BCUT2D eigenvalue weighted by molar-refractivity contribution is 7.31. The van der Waals surface area contributed by atoms with E-state index in [1.54, 1.807) is 22.3 Å². The third-order valence-electron chi connectivity index (χ3n) is 12.9. The fourth-order valence-electron chi connectivity index (χ4n) is 9.16. The van der Waals surface area contributed by atoms with Crippen molar-refractivity contribution in [2.75, 3.05) is 0 Å². The number of unbranched alkanes of at least 4 members (excludes halogenated alkanes) is 4. The third-order valence-corrected chi connectivity index (χ3v) is 20.8. The van der Waals surface area contributed by atoms with Crippen LogP contribution in [0.15, 0.2) is 134 Å². The summed E-state index contributed by atoms with van der Waals surface area (Å²) in [5, 5.41) is 0. The highest BCUT2D eigenvalue weighted by Crippen LogP contribution is 2.52. The summed E-state index contributed by atoms with van der Waals surface area (Å²) in [6, 6.07) is 39.6. The number of thiophene rings is 6. The van der Waals surface area contributed by atoms with E-state index in [4.69, 9.17) is 0 Å². The van der Waals surface area contributed by atoms with Gasteiger partial charge in [0.25, 0.3) is 0 Å². The molecular weight excluding hydrogens is 969 g/mol. The van der Waals surface area contributed by atoms with E-state index in [0.29, 0.717) is 0 Å². The first-order valence-electron chi connectivity index (χ1n) is 25.0. The molecule has 0 aromatic carbocycles. The van der Waals surface area contributed by atoms with Crippen LogP contribution in [0, 0.1) is 0 Å². The van der Waals surface area contributed by atoms with Crippen LogP contribution < -0.4 is 0 Å². The van der Waals surface area contributed by atoms with Crippen LogP contribution in [-0.4, -0.2) is 19.9 Å². The molecule has 0 aliphatic carbocycles. The van der Waals surface area contributed by atoms with Crippen molar-refractivity contribution in [3.63, 3.8) is 0 Å². The molecule has 0 unspecified atom stereocenters. The van der Waals surface area contributed by atoms with Crippen LogP contribution in [0.3, 0.4) is 0 Å². The lowest BCUT2D eigenvalue weighted by Crippen LogP contribution is -1.94. The highest BCUT2D eigenvalue weighted by Gasteiger charge is 2.25. The molecule has 0 bridgehead atoms. The maximum Gasteiger partial charge on any atom is 0.0892 e. The van der Waals surface area contributed by atoms with Gasteiger partial charge in [-0.15, -0.1) is 68.0 Å². The normalized spacial score (nSPS) is 11.5. The van der Waals surface area contributed by atoms with Crippen LogP contribution in [0.25, 0.3) is 92.4 Å². The lowest BCUT2D eigenvalue weighted by Gasteiger charge is -2.08. The Hall–Kier alpha value is -5.20. The summed E-state index contributed by atoms with van der Waals surface area (Å²) in [5.74, 6) is 0. The van der Waals surface area contributed by atoms with Crippen molar-refractivity contribution < 1.29 is 0 Å². The Labute approximate surface area is 438 Å². The van der Waals surface area contributed by atoms with Gasteiger partial charge in [0.05, 0.1) is 22.8 Å². The Kier molecular flexibility index (Phi) is 15.8. The van der Waals surface area contributed by atoms with Crippen molar-refractivity contribution in [2.45, 2.75) is 105 Å². The molecule has 354 valence electrons. The van der Waals surface area contributed by atoms with E-state index in [9.17, 15) is 0 Å². The second-order valence-corrected chi connectivity index (χ2v) is 24.2. The number of pyridine rings is 4. The molecule has 4 nitrogen and oxygen atoms in total. The van der Waals surface area contributed by atoms with E-state index in [-0.39, 0.29) is 0 Å². The maximum atomic E-state index is 4.67.